The van der Waals surface area contributed by atoms with E-state index >= 15 is 0 Å². The Morgan fingerprint density at radius 3 is 2.53 bits per heavy atom. The summed E-state index contributed by atoms with van der Waals surface area (Å²) < 4.78 is 0. The summed E-state index contributed by atoms with van der Waals surface area (Å²) in [7, 11) is 0. The molecule has 0 aliphatic rings. The monoisotopic (exact) mass is 223 g/mol. The van der Waals surface area contributed by atoms with Crippen LogP contribution < -0.4 is 0 Å². The lowest BCUT2D eigenvalue weighted by Crippen LogP contribution is -1.96. The van der Waals surface area contributed by atoms with Crippen LogP contribution in [0, 0.1) is 6.92 Å². The Hall–Kier alpha value is -2.22. The number of carbonyl (C=O) groups is 1. The maximum Gasteiger partial charge on any atom is 0.204 e. The zero-order valence-electron chi connectivity index (χ0n) is 9.63. The lowest BCUT2D eigenvalue weighted by atomic mass is 10.1. The van der Waals surface area contributed by atoms with E-state index < -0.39 is 0 Å². The van der Waals surface area contributed by atoms with E-state index in [0.29, 0.717) is 5.69 Å². The zero-order valence-corrected chi connectivity index (χ0v) is 9.63. The van der Waals surface area contributed by atoms with Crippen molar-refractivity contribution in [3.8, 4) is 0 Å². The van der Waals surface area contributed by atoms with E-state index in [1.807, 2.05) is 31.2 Å². The van der Waals surface area contributed by atoms with Gasteiger partial charge in [0.1, 0.15) is 5.69 Å². The Morgan fingerprint density at radius 2 is 1.88 bits per heavy atom. The largest absolute Gasteiger partial charge is 0.288 e. The molecule has 2 nitrogen and oxygen atoms in total. The lowest BCUT2D eigenvalue weighted by molar-refractivity contribution is 0.104. The fraction of sp³-hybridized carbons (Fsp3) is 0.0667. The van der Waals surface area contributed by atoms with Gasteiger partial charge in [0.15, 0.2) is 0 Å². The van der Waals surface area contributed by atoms with Crippen LogP contribution in [-0.2, 0) is 0 Å². The number of nitrogens with zero attached hydrogens (tertiary/aromatic N) is 1. The van der Waals surface area contributed by atoms with Gasteiger partial charge in [-0.25, -0.2) is 0 Å². The number of hydrogen-bond acceptors (Lipinski definition) is 2. The molecule has 0 spiro atoms. The van der Waals surface area contributed by atoms with Crippen molar-refractivity contribution < 1.29 is 4.79 Å². The summed E-state index contributed by atoms with van der Waals surface area (Å²) in [5.74, 6) is -0.0776. The number of allylic oxidation sites excluding steroid dienone is 1. The van der Waals surface area contributed by atoms with Gasteiger partial charge in [-0.2, -0.15) is 0 Å². The van der Waals surface area contributed by atoms with Crippen LogP contribution in [0.2, 0.25) is 0 Å². The first kappa shape index (κ1) is 11.3. The van der Waals surface area contributed by atoms with E-state index in [1.54, 1.807) is 36.5 Å². The average molecular weight is 223 g/mol. The first-order valence-electron chi connectivity index (χ1n) is 5.46. The van der Waals surface area contributed by atoms with Crippen molar-refractivity contribution in [3.63, 3.8) is 0 Å². The Kier molecular flexibility index (Phi) is 3.46. The highest BCUT2D eigenvalue weighted by atomic mass is 16.1. The molecule has 0 atom stereocenters. The van der Waals surface area contributed by atoms with E-state index in [1.165, 1.54) is 5.56 Å². The minimum absolute atomic E-state index is 0.0776. The highest BCUT2D eigenvalue weighted by molar-refractivity contribution is 6.05. The van der Waals surface area contributed by atoms with Crippen molar-refractivity contribution in [2.24, 2.45) is 0 Å². The number of pyridine rings is 1. The molecule has 2 rings (SSSR count). The van der Waals surface area contributed by atoms with Crippen LogP contribution >= 0.6 is 0 Å². The first-order chi connectivity index (χ1) is 8.25. The summed E-state index contributed by atoms with van der Waals surface area (Å²) in [5.41, 5.74) is 2.69. The summed E-state index contributed by atoms with van der Waals surface area (Å²) in [6.07, 6.45) is 4.97. The van der Waals surface area contributed by atoms with Crippen LogP contribution in [0.25, 0.3) is 6.08 Å². The highest BCUT2D eigenvalue weighted by Gasteiger charge is 2.00. The van der Waals surface area contributed by atoms with Crippen molar-refractivity contribution >= 4 is 11.9 Å². The van der Waals surface area contributed by atoms with E-state index in [0.717, 1.165) is 5.56 Å². The Labute approximate surface area is 101 Å². The SMILES string of the molecule is Cc1ccc(/C=C/C(=O)c2ccccn2)cc1. The van der Waals surface area contributed by atoms with Crippen LogP contribution in [0.5, 0.6) is 0 Å². The quantitative estimate of drug-likeness (QED) is 0.590. The molecular formula is C15H13NO. The minimum Gasteiger partial charge on any atom is -0.288 e. The minimum atomic E-state index is -0.0776. The number of hydrogen-bond donors (Lipinski definition) is 0. The predicted octanol–water partition coefficient (Wildman–Crippen LogP) is 3.29. The third-order valence-corrected chi connectivity index (χ3v) is 2.42. The summed E-state index contributed by atoms with van der Waals surface area (Å²) in [4.78, 5) is 15.7. The summed E-state index contributed by atoms with van der Waals surface area (Å²) in [5, 5.41) is 0. The summed E-state index contributed by atoms with van der Waals surface area (Å²) in [6, 6.07) is 13.3. The average Bonchev–Trinajstić information content (AvgIpc) is 2.39. The Bertz CT molecular complexity index is 527. The van der Waals surface area contributed by atoms with Gasteiger partial charge in [-0.15, -0.1) is 0 Å². The second-order valence-corrected chi connectivity index (χ2v) is 3.82. The molecule has 2 aromatic rings. The number of rotatable bonds is 3. The van der Waals surface area contributed by atoms with Gasteiger partial charge in [0.25, 0.3) is 0 Å². The zero-order chi connectivity index (χ0) is 12.1. The molecule has 0 radical (unpaired) electrons. The van der Waals surface area contributed by atoms with Gasteiger partial charge >= 0.3 is 0 Å². The highest BCUT2D eigenvalue weighted by Crippen LogP contribution is 2.06. The first-order valence-corrected chi connectivity index (χ1v) is 5.46. The molecule has 0 N–H and O–H groups in total. The fourth-order valence-corrected chi connectivity index (χ4v) is 1.44. The van der Waals surface area contributed by atoms with Gasteiger partial charge in [0, 0.05) is 6.20 Å². The molecule has 1 aromatic heterocycles. The van der Waals surface area contributed by atoms with E-state index in [4.69, 9.17) is 0 Å². The lowest BCUT2D eigenvalue weighted by Gasteiger charge is -1.95. The molecule has 0 saturated heterocycles. The summed E-state index contributed by atoms with van der Waals surface area (Å²) >= 11 is 0. The second-order valence-electron chi connectivity index (χ2n) is 3.82. The molecule has 0 unspecified atom stereocenters. The van der Waals surface area contributed by atoms with Crippen molar-refractivity contribution in [3.05, 3.63) is 71.6 Å². The van der Waals surface area contributed by atoms with Gasteiger partial charge < -0.3 is 0 Å². The van der Waals surface area contributed by atoms with Crippen molar-refractivity contribution in [2.45, 2.75) is 6.92 Å². The van der Waals surface area contributed by atoms with Gasteiger partial charge in [0.05, 0.1) is 0 Å². The van der Waals surface area contributed by atoms with Gasteiger partial charge in [0.2, 0.25) is 5.78 Å². The molecule has 2 heteroatoms. The molecule has 0 amide bonds. The topological polar surface area (TPSA) is 30.0 Å². The molecule has 0 aliphatic carbocycles. The maximum atomic E-state index is 11.7. The predicted molar refractivity (Wildman–Crippen MR) is 68.8 cm³/mol. The fourth-order valence-electron chi connectivity index (χ4n) is 1.44. The van der Waals surface area contributed by atoms with Crippen LogP contribution in [0.15, 0.2) is 54.7 Å². The number of ketones is 1. The van der Waals surface area contributed by atoms with E-state index in [-0.39, 0.29) is 5.78 Å². The molecule has 0 aliphatic heterocycles. The number of benzene rings is 1. The van der Waals surface area contributed by atoms with Gasteiger partial charge in [-0.1, -0.05) is 42.0 Å². The molecule has 0 fully saturated rings. The standard InChI is InChI=1S/C15H13NO/c1-12-5-7-13(8-6-12)9-10-15(17)14-4-2-3-11-16-14/h2-11H,1H3/b10-9+. The number of aryl methyl sites for hydroxylation is 1. The van der Waals surface area contributed by atoms with Crippen molar-refractivity contribution in [1.29, 1.82) is 0 Å². The molecule has 1 heterocycles. The van der Waals surface area contributed by atoms with Crippen LogP contribution in [0.4, 0.5) is 0 Å². The second kappa shape index (κ2) is 5.21. The molecule has 1 aromatic carbocycles. The third-order valence-electron chi connectivity index (χ3n) is 2.42. The maximum absolute atomic E-state index is 11.7. The Balaban J connectivity index is 2.11. The number of aromatic nitrogens is 1. The molecule has 17 heavy (non-hydrogen) atoms. The molecule has 0 bridgehead atoms. The molecule has 0 saturated carbocycles. The molecular weight excluding hydrogens is 210 g/mol. The Morgan fingerprint density at radius 1 is 1.12 bits per heavy atom. The van der Waals surface area contributed by atoms with Gasteiger partial charge in [-0.05, 0) is 30.7 Å². The van der Waals surface area contributed by atoms with Crippen LogP contribution in [0.3, 0.4) is 0 Å². The smallest absolute Gasteiger partial charge is 0.204 e. The molecule has 84 valence electrons. The normalized spacial score (nSPS) is 10.6. The van der Waals surface area contributed by atoms with Crippen molar-refractivity contribution in [1.82, 2.24) is 4.98 Å². The third kappa shape index (κ3) is 3.11. The van der Waals surface area contributed by atoms with Gasteiger partial charge in [-0.3, -0.25) is 9.78 Å². The van der Waals surface area contributed by atoms with Crippen LogP contribution in [0.1, 0.15) is 21.6 Å². The number of carbonyl (C=O) groups excluding carboxylic acids is 1. The summed E-state index contributed by atoms with van der Waals surface area (Å²) in [6.45, 7) is 2.03. The van der Waals surface area contributed by atoms with Crippen molar-refractivity contribution in [2.75, 3.05) is 0 Å². The van der Waals surface area contributed by atoms with Crippen LogP contribution in [-0.4, -0.2) is 10.8 Å². The van der Waals surface area contributed by atoms with E-state index in [2.05, 4.69) is 4.98 Å². The van der Waals surface area contributed by atoms with E-state index in [9.17, 15) is 4.79 Å².